The first-order valence-corrected chi connectivity index (χ1v) is 9.31. The van der Waals surface area contributed by atoms with Crippen LogP contribution in [-0.4, -0.2) is 39.5 Å². The number of hydroxylamine groups is 1. The van der Waals surface area contributed by atoms with Crippen molar-refractivity contribution in [1.29, 1.82) is 0 Å². The Morgan fingerprint density at radius 3 is 2.63 bits per heavy atom. The SMILES string of the molecule is c1ccc(CN2CCC3(CC2)N=C(c2cc4ccccc4cn2)NO3)nc1. The largest absolute Gasteiger partial charge is 0.297 e. The second-order valence-electron chi connectivity index (χ2n) is 7.12. The van der Waals surface area contributed by atoms with Crippen LogP contribution < -0.4 is 5.48 Å². The molecule has 136 valence electrons. The summed E-state index contributed by atoms with van der Waals surface area (Å²) in [5, 5.41) is 2.27. The minimum atomic E-state index is -0.483. The zero-order valence-electron chi connectivity index (χ0n) is 15.0. The highest BCUT2D eigenvalue weighted by atomic mass is 16.7. The summed E-state index contributed by atoms with van der Waals surface area (Å²) in [7, 11) is 0. The lowest BCUT2D eigenvalue weighted by Gasteiger charge is -2.35. The Balaban J connectivity index is 1.30. The zero-order valence-corrected chi connectivity index (χ0v) is 15.0. The van der Waals surface area contributed by atoms with Gasteiger partial charge in [0.25, 0.3) is 0 Å². The monoisotopic (exact) mass is 359 g/mol. The van der Waals surface area contributed by atoms with E-state index in [1.165, 1.54) is 0 Å². The number of pyridine rings is 2. The van der Waals surface area contributed by atoms with Crippen molar-refractivity contribution in [2.24, 2.45) is 4.99 Å². The molecule has 1 fully saturated rings. The molecule has 0 atom stereocenters. The van der Waals surface area contributed by atoms with Crippen LogP contribution in [-0.2, 0) is 11.4 Å². The van der Waals surface area contributed by atoms with E-state index < -0.39 is 5.72 Å². The van der Waals surface area contributed by atoms with E-state index in [0.717, 1.165) is 60.5 Å². The highest BCUT2D eigenvalue weighted by molar-refractivity contribution is 6.00. The standard InChI is InChI=1S/C21H21N5O/c1-2-6-17-14-23-19(13-16(17)5-1)20-24-21(27-25-20)8-11-26(12-9-21)15-18-7-3-4-10-22-18/h1-7,10,13-14H,8-9,11-12,15H2,(H,24,25). The number of hydrogen-bond acceptors (Lipinski definition) is 6. The van der Waals surface area contributed by atoms with Crippen LogP contribution in [0.25, 0.3) is 10.8 Å². The Hall–Kier alpha value is -2.83. The van der Waals surface area contributed by atoms with Crippen LogP contribution in [0, 0.1) is 0 Å². The van der Waals surface area contributed by atoms with E-state index in [4.69, 9.17) is 9.83 Å². The minimum absolute atomic E-state index is 0.483. The Morgan fingerprint density at radius 1 is 1.00 bits per heavy atom. The summed E-state index contributed by atoms with van der Waals surface area (Å²) in [5.74, 6) is 0.721. The fourth-order valence-electron chi connectivity index (χ4n) is 3.71. The number of benzene rings is 1. The Labute approximate surface area is 157 Å². The Morgan fingerprint density at radius 2 is 1.81 bits per heavy atom. The molecule has 2 aliphatic rings. The summed E-state index contributed by atoms with van der Waals surface area (Å²) in [5.41, 5.74) is 4.46. The summed E-state index contributed by atoms with van der Waals surface area (Å²) in [6.45, 7) is 2.73. The molecule has 0 amide bonds. The van der Waals surface area contributed by atoms with E-state index in [-0.39, 0.29) is 0 Å². The highest BCUT2D eigenvalue weighted by Crippen LogP contribution is 2.31. The molecule has 1 saturated heterocycles. The second kappa shape index (κ2) is 6.72. The number of fused-ring (bicyclic) bond motifs is 1. The van der Waals surface area contributed by atoms with Crippen molar-refractivity contribution >= 4 is 16.6 Å². The third-order valence-corrected chi connectivity index (χ3v) is 5.28. The maximum absolute atomic E-state index is 5.92. The Kier molecular flexibility index (Phi) is 4.07. The number of nitrogens with zero attached hydrogens (tertiary/aromatic N) is 4. The number of amidine groups is 1. The van der Waals surface area contributed by atoms with Gasteiger partial charge in [-0.3, -0.25) is 14.9 Å². The summed E-state index contributed by atoms with van der Waals surface area (Å²) < 4.78 is 0. The van der Waals surface area contributed by atoms with Crippen LogP contribution >= 0.6 is 0 Å². The summed E-state index contributed by atoms with van der Waals surface area (Å²) in [6, 6.07) is 16.3. The van der Waals surface area contributed by atoms with E-state index in [1.807, 2.05) is 36.7 Å². The van der Waals surface area contributed by atoms with Gasteiger partial charge in [0.05, 0.1) is 5.69 Å². The predicted octanol–water partition coefficient (Wildman–Crippen LogP) is 2.90. The lowest BCUT2D eigenvalue weighted by Crippen LogP contribution is -2.44. The third-order valence-electron chi connectivity index (χ3n) is 5.28. The minimum Gasteiger partial charge on any atom is -0.297 e. The zero-order chi connectivity index (χ0) is 18.1. The maximum atomic E-state index is 5.92. The maximum Gasteiger partial charge on any atom is 0.190 e. The fraction of sp³-hybridized carbons (Fsp3) is 0.286. The van der Waals surface area contributed by atoms with Crippen LogP contribution in [0.4, 0.5) is 0 Å². The average Bonchev–Trinajstić information content (AvgIpc) is 3.14. The summed E-state index contributed by atoms with van der Waals surface area (Å²) in [4.78, 5) is 22.2. The lowest BCUT2D eigenvalue weighted by atomic mass is 10.0. The van der Waals surface area contributed by atoms with Gasteiger partial charge >= 0.3 is 0 Å². The van der Waals surface area contributed by atoms with E-state index in [9.17, 15) is 0 Å². The molecule has 0 bridgehead atoms. The van der Waals surface area contributed by atoms with Gasteiger partial charge < -0.3 is 0 Å². The molecule has 4 heterocycles. The number of nitrogens with one attached hydrogen (secondary N) is 1. The van der Waals surface area contributed by atoms with Crippen molar-refractivity contribution in [3.63, 3.8) is 0 Å². The third kappa shape index (κ3) is 3.29. The molecule has 5 rings (SSSR count). The normalized spacial score (nSPS) is 19.2. The summed E-state index contributed by atoms with van der Waals surface area (Å²) in [6.07, 6.45) is 5.43. The first-order chi connectivity index (χ1) is 13.3. The molecule has 0 unspecified atom stereocenters. The van der Waals surface area contributed by atoms with E-state index in [1.54, 1.807) is 0 Å². The van der Waals surface area contributed by atoms with Gasteiger partial charge in [0.2, 0.25) is 0 Å². The molecule has 6 nitrogen and oxygen atoms in total. The molecule has 27 heavy (non-hydrogen) atoms. The predicted molar refractivity (Wildman–Crippen MR) is 104 cm³/mol. The van der Waals surface area contributed by atoms with Crippen molar-refractivity contribution in [1.82, 2.24) is 20.3 Å². The highest BCUT2D eigenvalue weighted by Gasteiger charge is 2.40. The molecule has 1 N–H and O–H groups in total. The number of rotatable bonds is 3. The quantitative estimate of drug-likeness (QED) is 0.779. The van der Waals surface area contributed by atoms with Crippen molar-refractivity contribution < 1.29 is 4.84 Å². The molecule has 0 radical (unpaired) electrons. The number of aliphatic imine (C=N–C) groups is 1. The molecule has 6 heteroatoms. The number of likely N-dealkylation sites (tertiary alicyclic amines) is 1. The van der Waals surface area contributed by atoms with Gasteiger partial charge in [-0.1, -0.05) is 30.3 Å². The molecule has 2 aliphatic heterocycles. The molecule has 2 aromatic heterocycles. The van der Waals surface area contributed by atoms with Crippen LogP contribution in [0.5, 0.6) is 0 Å². The van der Waals surface area contributed by atoms with Crippen LogP contribution in [0.15, 0.2) is 65.9 Å². The molecule has 0 saturated carbocycles. The molecular weight excluding hydrogens is 338 g/mol. The number of aromatic nitrogens is 2. The van der Waals surface area contributed by atoms with E-state index in [0.29, 0.717) is 0 Å². The van der Waals surface area contributed by atoms with Crippen LogP contribution in [0.1, 0.15) is 24.2 Å². The van der Waals surface area contributed by atoms with Gasteiger partial charge in [0, 0.05) is 50.3 Å². The number of piperidine rings is 1. The average molecular weight is 359 g/mol. The first kappa shape index (κ1) is 16.4. The molecule has 1 aromatic carbocycles. The molecule has 1 spiro atoms. The van der Waals surface area contributed by atoms with Gasteiger partial charge in [-0.15, -0.1) is 0 Å². The smallest absolute Gasteiger partial charge is 0.190 e. The van der Waals surface area contributed by atoms with Crippen molar-refractivity contribution in [2.45, 2.75) is 25.1 Å². The topological polar surface area (TPSA) is 62.6 Å². The Bertz CT molecular complexity index is 980. The second-order valence-corrected chi connectivity index (χ2v) is 7.12. The molecular formula is C21H21N5O. The summed E-state index contributed by atoms with van der Waals surface area (Å²) >= 11 is 0. The first-order valence-electron chi connectivity index (χ1n) is 9.31. The molecule has 0 aliphatic carbocycles. The van der Waals surface area contributed by atoms with Gasteiger partial charge in [-0.05, 0) is 23.6 Å². The van der Waals surface area contributed by atoms with Crippen molar-refractivity contribution in [3.05, 3.63) is 72.3 Å². The van der Waals surface area contributed by atoms with Gasteiger partial charge in [-0.2, -0.15) is 0 Å². The van der Waals surface area contributed by atoms with Gasteiger partial charge in [0.15, 0.2) is 11.6 Å². The lowest BCUT2D eigenvalue weighted by molar-refractivity contribution is -0.0902. The van der Waals surface area contributed by atoms with Gasteiger partial charge in [-0.25, -0.2) is 15.3 Å². The van der Waals surface area contributed by atoms with E-state index in [2.05, 4.69) is 44.6 Å². The number of hydrogen-bond donors (Lipinski definition) is 1. The molecule has 3 aromatic rings. The van der Waals surface area contributed by atoms with Crippen LogP contribution in [0.3, 0.4) is 0 Å². The van der Waals surface area contributed by atoms with Crippen molar-refractivity contribution in [2.75, 3.05) is 13.1 Å². The van der Waals surface area contributed by atoms with Crippen molar-refractivity contribution in [3.8, 4) is 0 Å². The van der Waals surface area contributed by atoms with Crippen LogP contribution in [0.2, 0.25) is 0 Å². The van der Waals surface area contributed by atoms with E-state index >= 15 is 0 Å². The van der Waals surface area contributed by atoms with Gasteiger partial charge in [0.1, 0.15) is 5.69 Å². The fourth-order valence-corrected chi connectivity index (χ4v) is 3.71.